The fraction of sp³-hybridized carbons (Fsp3) is 0.429. The molecule has 1 aliphatic heterocycles. The van der Waals surface area contributed by atoms with Crippen LogP contribution in [-0.4, -0.2) is 63.0 Å². The number of aliphatic hydroxyl groups excluding tert-OH is 3. The van der Waals surface area contributed by atoms with Gasteiger partial charge in [-0.15, -0.1) is 0 Å². The summed E-state index contributed by atoms with van der Waals surface area (Å²) < 4.78 is 10.3. The average molecular weight is 349 g/mol. The number of rotatable bonds is 4. The van der Waals surface area contributed by atoms with Crippen molar-refractivity contribution in [2.45, 2.75) is 37.6 Å². The van der Waals surface area contributed by atoms with Crippen LogP contribution in [0, 0.1) is 0 Å². The molecule has 0 bridgehead atoms. The maximum Gasteiger partial charge on any atom is 1.00 e. The molecule has 5 atom stereocenters. The van der Waals surface area contributed by atoms with Gasteiger partial charge < -0.3 is 35.0 Å². The summed E-state index contributed by atoms with van der Waals surface area (Å²) in [7, 11) is 0. The normalized spacial score (nSPS) is 30.3. The van der Waals surface area contributed by atoms with Crippen LogP contribution in [0.1, 0.15) is 6.92 Å². The van der Waals surface area contributed by atoms with Crippen LogP contribution in [0.3, 0.4) is 0 Å². The Morgan fingerprint density at radius 3 is 2.42 bits per heavy atom. The van der Waals surface area contributed by atoms with E-state index in [9.17, 15) is 25.2 Å². The number of aliphatic carboxylic acids is 1. The van der Waals surface area contributed by atoms with E-state index in [1.165, 1.54) is 19.1 Å². The van der Waals surface area contributed by atoms with Gasteiger partial charge in [-0.3, -0.25) is 4.99 Å². The fourth-order valence-corrected chi connectivity index (χ4v) is 2.09. The molecule has 0 unspecified atom stereocenters. The van der Waals surface area contributed by atoms with Gasteiger partial charge in [0, 0.05) is 0 Å². The number of aliphatic hydroxyl groups is 3. The third kappa shape index (κ3) is 4.67. The molecule has 0 spiro atoms. The van der Waals surface area contributed by atoms with Crippen molar-refractivity contribution in [1.29, 1.82) is 0 Å². The topological polar surface area (TPSA) is 152 Å². The Morgan fingerprint density at radius 1 is 1.21 bits per heavy atom. The molecular formula is C14H16NNaO8. The predicted molar refractivity (Wildman–Crippen MR) is 74.2 cm³/mol. The molecular weight excluding hydrogens is 333 g/mol. The largest absolute Gasteiger partial charge is 1.00 e. The summed E-state index contributed by atoms with van der Waals surface area (Å²) in [6, 6.07) is 6.09. The molecule has 10 heteroatoms. The summed E-state index contributed by atoms with van der Waals surface area (Å²) in [5.74, 6) is -1.94. The maximum atomic E-state index is 11.1. The monoisotopic (exact) mass is 349 g/mol. The molecule has 1 aromatic carbocycles. The Labute approximate surface area is 159 Å². The summed E-state index contributed by atoms with van der Waals surface area (Å²) in [4.78, 5) is 14.7. The number of carbonyl (C=O) groups is 1. The molecule has 1 saturated heterocycles. The number of aliphatic imine (C=N–C) groups is 1. The zero-order valence-corrected chi connectivity index (χ0v) is 15.1. The minimum atomic E-state index is -1.81. The van der Waals surface area contributed by atoms with Gasteiger partial charge in [0.25, 0.3) is 0 Å². The number of hydrogen-bond donors (Lipinski definition) is 4. The zero-order chi connectivity index (χ0) is 17.1. The quantitative estimate of drug-likeness (QED) is 0.241. The van der Waals surface area contributed by atoms with E-state index in [0.717, 1.165) is 0 Å². The van der Waals surface area contributed by atoms with Crippen LogP contribution in [-0.2, 0) is 9.53 Å². The van der Waals surface area contributed by atoms with Crippen molar-refractivity contribution in [2.75, 3.05) is 0 Å². The molecule has 0 aromatic heterocycles. The summed E-state index contributed by atoms with van der Waals surface area (Å²) in [6.07, 6.45) is -8.59. The third-order valence-corrected chi connectivity index (χ3v) is 3.20. The van der Waals surface area contributed by atoms with Crippen molar-refractivity contribution in [3.8, 4) is 5.75 Å². The van der Waals surface area contributed by atoms with Crippen LogP contribution in [0.25, 0.3) is 0 Å². The van der Waals surface area contributed by atoms with Gasteiger partial charge in [0.15, 0.2) is 6.10 Å². The molecule has 0 radical (unpaired) electrons. The SMILES string of the molecule is CC([O-])=Nc1ccccc1O[C@@H]1O[C@H](C(=O)O)[C@@H](O)[C@H](O)[C@H]1O.[Na+]. The standard InChI is InChI=1S/C14H17NO8.Na/c1-6(16)15-7-4-2-3-5-8(7)22-14-11(19)9(17)10(18)12(23-14)13(20)21;/h2-5,9-12,14,17-19H,1H3,(H,15,16)(H,20,21);/q;+1/p-1/t9-,10-,11+,12-,14+;/m0./s1. The number of benzene rings is 1. The van der Waals surface area contributed by atoms with Crippen molar-refractivity contribution in [3.63, 3.8) is 0 Å². The van der Waals surface area contributed by atoms with Crippen molar-refractivity contribution >= 4 is 17.6 Å². The van der Waals surface area contributed by atoms with Crippen LogP contribution in [0.5, 0.6) is 5.75 Å². The first-order valence-corrected chi connectivity index (χ1v) is 6.71. The molecule has 2 rings (SSSR count). The second-order valence-electron chi connectivity index (χ2n) is 4.95. The van der Waals surface area contributed by atoms with Crippen LogP contribution in [0.2, 0.25) is 0 Å². The van der Waals surface area contributed by atoms with Gasteiger partial charge in [0.1, 0.15) is 29.7 Å². The van der Waals surface area contributed by atoms with Gasteiger partial charge in [0.2, 0.25) is 6.29 Å². The van der Waals surface area contributed by atoms with Gasteiger partial charge in [-0.25, -0.2) is 4.79 Å². The average Bonchev–Trinajstić information content (AvgIpc) is 2.48. The second-order valence-corrected chi connectivity index (χ2v) is 4.95. The van der Waals surface area contributed by atoms with Gasteiger partial charge in [-0.2, -0.15) is 0 Å². The van der Waals surface area contributed by atoms with E-state index in [2.05, 4.69) is 4.99 Å². The van der Waals surface area contributed by atoms with Gasteiger partial charge in [0.05, 0.1) is 0 Å². The number of hydrogen-bond acceptors (Lipinski definition) is 8. The molecule has 9 nitrogen and oxygen atoms in total. The van der Waals surface area contributed by atoms with E-state index in [0.29, 0.717) is 0 Å². The summed E-state index contributed by atoms with van der Waals surface area (Å²) in [5.41, 5.74) is 0.156. The molecule has 126 valence electrons. The van der Waals surface area contributed by atoms with Gasteiger partial charge in [-0.05, 0) is 25.0 Å². The maximum absolute atomic E-state index is 11.1. The van der Waals surface area contributed by atoms with Gasteiger partial charge >= 0.3 is 35.5 Å². The third-order valence-electron chi connectivity index (χ3n) is 3.20. The molecule has 1 heterocycles. The predicted octanol–water partition coefficient (Wildman–Crippen LogP) is -4.63. The van der Waals surface area contributed by atoms with Crippen molar-refractivity contribution in [2.24, 2.45) is 4.99 Å². The summed E-state index contributed by atoms with van der Waals surface area (Å²) in [6.45, 7) is 1.24. The molecule has 1 aromatic rings. The Hall–Kier alpha value is -1.20. The molecule has 1 fully saturated rings. The van der Waals surface area contributed by atoms with E-state index in [1.807, 2.05) is 0 Å². The van der Waals surface area contributed by atoms with Crippen molar-refractivity contribution in [1.82, 2.24) is 0 Å². The zero-order valence-electron chi connectivity index (χ0n) is 13.1. The first-order valence-electron chi connectivity index (χ1n) is 6.71. The molecule has 1 aliphatic rings. The van der Waals surface area contributed by atoms with E-state index in [4.69, 9.17) is 14.6 Å². The first-order chi connectivity index (χ1) is 10.8. The Bertz CT molecular complexity index is 606. The second kappa shape index (κ2) is 8.77. The molecule has 24 heavy (non-hydrogen) atoms. The minimum absolute atomic E-state index is 0. The number of nitrogens with zero attached hydrogens (tertiary/aromatic N) is 1. The molecule has 0 saturated carbocycles. The van der Waals surface area contributed by atoms with E-state index >= 15 is 0 Å². The summed E-state index contributed by atoms with van der Waals surface area (Å²) in [5, 5.41) is 49.3. The Balaban J connectivity index is 0.00000288. The van der Waals surface area contributed by atoms with Crippen LogP contribution < -0.4 is 39.4 Å². The van der Waals surface area contributed by atoms with Crippen LogP contribution in [0.15, 0.2) is 29.3 Å². The molecule has 0 aliphatic carbocycles. The number of carboxylic acids is 1. The number of carboxylic acid groups (broad SMARTS) is 1. The van der Waals surface area contributed by atoms with Crippen molar-refractivity contribution < 1.29 is 69.4 Å². The Kier molecular flexibility index (Phi) is 7.61. The number of para-hydroxylation sites is 2. The van der Waals surface area contributed by atoms with Crippen molar-refractivity contribution in [3.05, 3.63) is 24.3 Å². The van der Waals surface area contributed by atoms with Gasteiger partial charge in [-0.1, -0.05) is 12.1 Å². The van der Waals surface area contributed by atoms with E-state index in [-0.39, 0.29) is 41.0 Å². The van der Waals surface area contributed by atoms with Crippen LogP contribution in [0.4, 0.5) is 5.69 Å². The Morgan fingerprint density at radius 2 is 1.83 bits per heavy atom. The molecule has 0 amide bonds. The fourth-order valence-electron chi connectivity index (χ4n) is 2.09. The van der Waals surface area contributed by atoms with Crippen LogP contribution >= 0.6 is 0 Å². The van der Waals surface area contributed by atoms with E-state index in [1.54, 1.807) is 12.1 Å². The first kappa shape index (κ1) is 20.8. The summed E-state index contributed by atoms with van der Waals surface area (Å²) >= 11 is 0. The van der Waals surface area contributed by atoms with E-state index < -0.39 is 42.6 Å². The molecule has 4 N–H and O–H groups in total. The minimum Gasteiger partial charge on any atom is -0.862 e. The smallest absolute Gasteiger partial charge is 0.862 e. The number of ether oxygens (including phenoxy) is 2.